The van der Waals surface area contributed by atoms with Crippen LogP contribution in [0.4, 0.5) is 5.69 Å². The molecule has 9 nitrogen and oxygen atoms in total. The number of carbonyl (C=O) groups excluding carboxylic acids is 2. The van der Waals surface area contributed by atoms with Crippen LogP contribution in [-0.4, -0.2) is 64.7 Å². The molecular weight excluding hydrogens is 372 g/mol. The number of anilines is 1. The molecule has 150 valence electrons. The number of ether oxygens (including phenoxy) is 1. The van der Waals surface area contributed by atoms with Crippen molar-refractivity contribution in [2.45, 2.75) is 6.54 Å². The minimum Gasteiger partial charge on any atom is -0.452 e. The van der Waals surface area contributed by atoms with E-state index in [1.165, 1.54) is 15.9 Å². The van der Waals surface area contributed by atoms with Gasteiger partial charge in [-0.05, 0) is 40.3 Å². The Kier molecular flexibility index (Phi) is 6.18. The Balaban J connectivity index is 1.58. The molecule has 9 heteroatoms. The van der Waals surface area contributed by atoms with E-state index in [4.69, 9.17) is 4.74 Å². The molecule has 0 fully saturated rings. The molecule has 2 aromatic carbocycles. The van der Waals surface area contributed by atoms with Gasteiger partial charge in [-0.1, -0.05) is 24.3 Å². The Morgan fingerprint density at radius 2 is 1.76 bits per heavy atom. The fourth-order valence-corrected chi connectivity index (χ4v) is 2.69. The normalized spacial score (nSPS) is 10.4. The molecule has 1 aromatic heterocycles. The first-order valence-corrected chi connectivity index (χ1v) is 8.95. The predicted molar refractivity (Wildman–Crippen MR) is 107 cm³/mol. The zero-order valence-electron chi connectivity index (χ0n) is 16.5. The highest BCUT2D eigenvalue weighted by Gasteiger charge is 2.17. The van der Waals surface area contributed by atoms with Crippen LogP contribution >= 0.6 is 0 Å². The molecule has 0 aliphatic rings. The van der Waals surface area contributed by atoms with Crippen LogP contribution in [0.5, 0.6) is 0 Å². The number of hydrogen-bond donors (Lipinski definition) is 0. The number of rotatable bonds is 7. The molecule has 0 saturated heterocycles. The van der Waals surface area contributed by atoms with Crippen molar-refractivity contribution in [1.82, 2.24) is 25.1 Å². The number of nitrogens with zero attached hydrogens (tertiary/aromatic N) is 6. The summed E-state index contributed by atoms with van der Waals surface area (Å²) in [6.45, 7) is 0.0698. The summed E-state index contributed by atoms with van der Waals surface area (Å²) in [7, 11) is 5.61. The summed E-state index contributed by atoms with van der Waals surface area (Å²) in [5, 5.41) is 10.9. The minimum absolute atomic E-state index is 0.273. The van der Waals surface area contributed by atoms with E-state index < -0.39 is 5.97 Å². The number of amides is 1. The standard InChI is InChI=1S/C20H22N6O3/c1-24(2)16-10-8-15(9-11-16)12-25(3)19(27)13-29-20(28)17-6-4-5-7-18(17)26-14-21-22-23-26/h4-11,14H,12-13H2,1-3H3. The molecule has 29 heavy (non-hydrogen) atoms. The Hall–Kier alpha value is -3.75. The lowest BCUT2D eigenvalue weighted by molar-refractivity contribution is -0.133. The largest absolute Gasteiger partial charge is 0.452 e. The van der Waals surface area contributed by atoms with Gasteiger partial charge in [-0.25, -0.2) is 4.79 Å². The molecule has 0 bridgehead atoms. The van der Waals surface area contributed by atoms with Gasteiger partial charge in [0.1, 0.15) is 6.33 Å². The van der Waals surface area contributed by atoms with Gasteiger partial charge in [-0.3, -0.25) is 4.79 Å². The van der Waals surface area contributed by atoms with Crippen LogP contribution < -0.4 is 4.90 Å². The van der Waals surface area contributed by atoms with E-state index in [1.807, 2.05) is 43.3 Å². The zero-order valence-corrected chi connectivity index (χ0v) is 16.5. The molecule has 0 unspecified atom stereocenters. The summed E-state index contributed by atoms with van der Waals surface area (Å²) in [6.07, 6.45) is 1.38. The summed E-state index contributed by atoms with van der Waals surface area (Å²) >= 11 is 0. The first-order valence-electron chi connectivity index (χ1n) is 8.95. The average Bonchev–Trinajstić information content (AvgIpc) is 3.27. The molecule has 0 aliphatic heterocycles. The van der Waals surface area contributed by atoms with Crippen LogP contribution in [0.15, 0.2) is 54.9 Å². The number of carbonyl (C=O) groups is 2. The zero-order chi connectivity index (χ0) is 20.8. The van der Waals surface area contributed by atoms with Crippen molar-refractivity contribution >= 4 is 17.6 Å². The smallest absolute Gasteiger partial charge is 0.340 e. The van der Waals surface area contributed by atoms with E-state index in [9.17, 15) is 9.59 Å². The summed E-state index contributed by atoms with van der Waals surface area (Å²) in [5.74, 6) is -0.914. The van der Waals surface area contributed by atoms with Gasteiger partial charge < -0.3 is 14.5 Å². The van der Waals surface area contributed by atoms with Crippen LogP contribution in [0.2, 0.25) is 0 Å². The highest BCUT2D eigenvalue weighted by molar-refractivity contribution is 5.94. The Morgan fingerprint density at radius 3 is 2.41 bits per heavy atom. The Bertz CT molecular complexity index is 970. The molecule has 1 amide bonds. The molecule has 0 saturated carbocycles. The lowest BCUT2D eigenvalue weighted by Crippen LogP contribution is -2.31. The van der Waals surface area contributed by atoms with Crippen molar-refractivity contribution in [3.05, 3.63) is 66.0 Å². The minimum atomic E-state index is -0.617. The first-order chi connectivity index (χ1) is 14.0. The van der Waals surface area contributed by atoms with Crippen molar-refractivity contribution in [2.75, 3.05) is 32.6 Å². The van der Waals surface area contributed by atoms with Gasteiger partial charge in [0.25, 0.3) is 5.91 Å². The van der Waals surface area contributed by atoms with Gasteiger partial charge in [0, 0.05) is 33.4 Å². The fraction of sp³-hybridized carbons (Fsp3) is 0.250. The van der Waals surface area contributed by atoms with Gasteiger partial charge in [-0.15, -0.1) is 5.10 Å². The SMILES string of the molecule is CN(Cc1ccc(N(C)C)cc1)C(=O)COC(=O)c1ccccc1-n1cnnn1. The monoisotopic (exact) mass is 394 g/mol. The van der Waals surface area contributed by atoms with Crippen molar-refractivity contribution < 1.29 is 14.3 Å². The van der Waals surface area contributed by atoms with Crippen LogP contribution in [0.3, 0.4) is 0 Å². The topological polar surface area (TPSA) is 93.5 Å². The van der Waals surface area contributed by atoms with E-state index in [0.717, 1.165) is 11.3 Å². The summed E-state index contributed by atoms with van der Waals surface area (Å²) < 4.78 is 6.58. The fourth-order valence-electron chi connectivity index (χ4n) is 2.69. The Morgan fingerprint density at radius 1 is 1.03 bits per heavy atom. The van der Waals surface area contributed by atoms with Crippen LogP contribution in [0.1, 0.15) is 15.9 Å². The molecule has 0 atom stereocenters. The first kappa shape index (κ1) is 20.0. The van der Waals surface area contributed by atoms with Gasteiger partial charge >= 0.3 is 5.97 Å². The molecule has 0 aliphatic carbocycles. The van der Waals surface area contributed by atoms with Crippen molar-refractivity contribution in [3.8, 4) is 5.69 Å². The number of aromatic nitrogens is 4. The van der Waals surface area contributed by atoms with Crippen LogP contribution in [-0.2, 0) is 16.1 Å². The van der Waals surface area contributed by atoms with Crippen LogP contribution in [0.25, 0.3) is 5.69 Å². The lowest BCUT2D eigenvalue weighted by atomic mass is 10.2. The number of tetrazole rings is 1. The second kappa shape index (κ2) is 8.96. The van der Waals surface area contributed by atoms with Crippen molar-refractivity contribution in [1.29, 1.82) is 0 Å². The maximum atomic E-state index is 12.5. The molecular formula is C20H22N6O3. The van der Waals surface area contributed by atoms with E-state index in [-0.39, 0.29) is 18.1 Å². The third-order valence-electron chi connectivity index (χ3n) is 4.34. The molecule has 0 N–H and O–H groups in total. The van der Waals surface area contributed by atoms with Gasteiger partial charge in [0.2, 0.25) is 0 Å². The molecule has 0 spiro atoms. The van der Waals surface area contributed by atoms with E-state index in [2.05, 4.69) is 15.5 Å². The molecule has 3 aromatic rings. The third kappa shape index (κ3) is 4.95. The van der Waals surface area contributed by atoms with Crippen LogP contribution in [0, 0.1) is 0 Å². The summed E-state index contributed by atoms with van der Waals surface area (Å²) in [5.41, 5.74) is 2.82. The lowest BCUT2D eigenvalue weighted by Gasteiger charge is -2.18. The van der Waals surface area contributed by atoms with Gasteiger partial charge in [-0.2, -0.15) is 4.68 Å². The van der Waals surface area contributed by atoms with Crippen molar-refractivity contribution in [3.63, 3.8) is 0 Å². The molecule has 3 rings (SSSR count). The van der Waals surface area contributed by atoms with E-state index in [1.54, 1.807) is 31.3 Å². The van der Waals surface area contributed by atoms with Gasteiger partial charge in [0.05, 0.1) is 11.3 Å². The summed E-state index contributed by atoms with van der Waals surface area (Å²) in [4.78, 5) is 28.4. The second-order valence-electron chi connectivity index (χ2n) is 6.66. The van der Waals surface area contributed by atoms with E-state index in [0.29, 0.717) is 12.2 Å². The second-order valence-corrected chi connectivity index (χ2v) is 6.66. The van der Waals surface area contributed by atoms with E-state index >= 15 is 0 Å². The number of esters is 1. The quantitative estimate of drug-likeness (QED) is 0.561. The average molecular weight is 394 g/mol. The summed E-state index contributed by atoms with van der Waals surface area (Å²) in [6, 6.07) is 14.7. The Labute approximate surface area is 168 Å². The van der Waals surface area contributed by atoms with Crippen molar-refractivity contribution in [2.24, 2.45) is 0 Å². The molecule has 0 radical (unpaired) electrons. The maximum Gasteiger partial charge on any atom is 0.340 e. The maximum absolute atomic E-state index is 12.5. The number of benzene rings is 2. The number of likely N-dealkylation sites (N-methyl/N-ethyl adjacent to an activating group) is 1. The number of para-hydroxylation sites is 1. The molecule has 1 heterocycles. The number of hydrogen-bond acceptors (Lipinski definition) is 7. The highest BCUT2D eigenvalue weighted by Crippen LogP contribution is 2.15. The third-order valence-corrected chi connectivity index (χ3v) is 4.34. The predicted octanol–water partition coefficient (Wildman–Crippen LogP) is 1.54. The highest BCUT2D eigenvalue weighted by atomic mass is 16.5. The van der Waals surface area contributed by atoms with Gasteiger partial charge in [0.15, 0.2) is 6.61 Å².